The van der Waals surface area contributed by atoms with Crippen LogP contribution in [0.1, 0.15) is 21.5 Å². The van der Waals surface area contributed by atoms with E-state index in [4.69, 9.17) is 5.11 Å². The summed E-state index contributed by atoms with van der Waals surface area (Å²) in [6.45, 7) is 4.04. The van der Waals surface area contributed by atoms with E-state index in [0.29, 0.717) is 5.95 Å². The van der Waals surface area contributed by atoms with Crippen molar-refractivity contribution in [1.29, 1.82) is 0 Å². The zero-order valence-electron chi connectivity index (χ0n) is 10.5. The number of carboxylic acids is 1. The van der Waals surface area contributed by atoms with E-state index >= 15 is 0 Å². The first-order valence-corrected chi connectivity index (χ1v) is 5.80. The highest BCUT2D eigenvalue weighted by Crippen LogP contribution is 2.20. The van der Waals surface area contributed by atoms with E-state index in [1.807, 2.05) is 26.0 Å². The number of hydrogen-bond acceptors (Lipinski definition) is 3. The number of carboxylic acid groups (broad SMARTS) is 1. The van der Waals surface area contributed by atoms with Gasteiger partial charge in [0.2, 0.25) is 5.95 Å². The fourth-order valence-electron chi connectivity index (χ4n) is 1.96. The summed E-state index contributed by atoms with van der Waals surface area (Å²) in [4.78, 5) is 18.4. The molecular weight excluding hydrogens is 244 g/mol. The average molecular weight is 256 g/mol. The molecule has 6 nitrogen and oxygen atoms in total. The number of rotatable bonds is 2. The Morgan fingerprint density at radius 3 is 2.84 bits per heavy atom. The summed E-state index contributed by atoms with van der Waals surface area (Å²) < 4.78 is 1.43. The molecule has 0 aliphatic carbocycles. The minimum Gasteiger partial charge on any atom is -0.478 e. The summed E-state index contributed by atoms with van der Waals surface area (Å²) in [5.41, 5.74) is 4.18. The van der Waals surface area contributed by atoms with Gasteiger partial charge in [-0.25, -0.2) is 14.5 Å². The van der Waals surface area contributed by atoms with Crippen LogP contribution in [0.2, 0.25) is 0 Å². The van der Waals surface area contributed by atoms with Gasteiger partial charge in [-0.2, -0.15) is 5.10 Å². The van der Waals surface area contributed by atoms with Crippen LogP contribution in [0.5, 0.6) is 0 Å². The smallest absolute Gasteiger partial charge is 0.338 e. The highest BCUT2D eigenvalue weighted by molar-refractivity contribution is 5.87. The second kappa shape index (κ2) is 3.94. The van der Waals surface area contributed by atoms with Crippen molar-refractivity contribution < 1.29 is 9.90 Å². The molecule has 2 aromatic heterocycles. The van der Waals surface area contributed by atoms with Gasteiger partial charge >= 0.3 is 5.97 Å². The number of aromatic nitrogens is 4. The van der Waals surface area contributed by atoms with E-state index in [9.17, 15) is 4.79 Å². The molecule has 0 bridgehead atoms. The van der Waals surface area contributed by atoms with Crippen LogP contribution in [-0.2, 0) is 0 Å². The number of carbonyl (C=O) groups is 1. The lowest BCUT2D eigenvalue weighted by Crippen LogP contribution is -1.97. The Balaban J connectivity index is 2.15. The standard InChI is InChI=1S/C13H12N4O2/c1-7-3-4-10-11(8(7)2)16-13(15-10)17-6-9(5-14-17)12(18)19/h3-6H,1-2H3,(H,15,16)(H,18,19). The lowest BCUT2D eigenvalue weighted by molar-refractivity contribution is 0.0697. The molecule has 3 aromatic rings. The first-order chi connectivity index (χ1) is 9.06. The lowest BCUT2D eigenvalue weighted by atomic mass is 10.1. The molecule has 0 aliphatic heterocycles. The third-order valence-corrected chi connectivity index (χ3v) is 3.21. The van der Waals surface area contributed by atoms with Gasteiger partial charge in [0, 0.05) is 6.20 Å². The van der Waals surface area contributed by atoms with E-state index in [1.165, 1.54) is 17.1 Å². The van der Waals surface area contributed by atoms with E-state index in [2.05, 4.69) is 15.1 Å². The Hall–Kier alpha value is -2.63. The monoisotopic (exact) mass is 256 g/mol. The third-order valence-electron chi connectivity index (χ3n) is 3.21. The second-order valence-electron chi connectivity index (χ2n) is 4.44. The lowest BCUT2D eigenvalue weighted by Gasteiger charge is -1.97. The van der Waals surface area contributed by atoms with E-state index in [-0.39, 0.29) is 5.56 Å². The number of H-pyrrole nitrogens is 1. The summed E-state index contributed by atoms with van der Waals surface area (Å²) in [7, 11) is 0. The molecule has 0 spiro atoms. The molecule has 6 heteroatoms. The fraction of sp³-hybridized carbons (Fsp3) is 0.154. The van der Waals surface area contributed by atoms with Crippen molar-refractivity contribution >= 4 is 17.0 Å². The van der Waals surface area contributed by atoms with Crippen molar-refractivity contribution in [3.63, 3.8) is 0 Å². The largest absolute Gasteiger partial charge is 0.478 e. The molecule has 19 heavy (non-hydrogen) atoms. The zero-order chi connectivity index (χ0) is 13.6. The van der Waals surface area contributed by atoms with Crippen LogP contribution < -0.4 is 0 Å². The topological polar surface area (TPSA) is 83.8 Å². The van der Waals surface area contributed by atoms with E-state index in [1.54, 1.807) is 0 Å². The first-order valence-electron chi connectivity index (χ1n) is 5.80. The van der Waals surface area contributed by atoms with Gasteiger partial charge in [-0.15, -0.1) is 0 Å². The molecular formula is C13H12N4O2. The van der Waals surface area contributed by atoms with Gasteiger partial charge < -0.3 is 10.1 Å². The molecule has 0 unspecified atom stereocenters. The summed E-state index contributed by atoms with van der Waals surface area (Å²) in [5, 5.41) is 12.9. The minimum atomic E-state index is -1.01. The van der Waals surface area contributed by atoms with Gasteiger partial charge in [0.25, 0.3) is 0 Å². The van der Waals surface area contributed by atoms with Gasteiger partial charge in [0.15, 0.2) is 0 Å². The summed E-state index contributed by atoms with van der Waals surface area (Å²) >= 11 is 0. The molecule has 1 aromatic carbocycles. The molecule has 0 saturated heterocycles. The Morgan fingerprint density at radius 2 is 2.16 bits per heavy atom. The van der Waals surface area contributed by atoms with Crippen molar-refractivity contribution in [3.05, 3.63) is 41.2 Å². The van der Waals surface area contributed by atoms with Crippen LogP contribution in [0.3, 0.4) is 0 Å². The molecule has 0 fully saturated rings. The number of aryl methyl sites for hydroxylation is 2. The number of hydrogen-bond donors (Lipinski definition) is 2. The molecule has 0 radical (unpaired) electrons. The summed E-state index contributed by atoms with van der Waals surface area (Å²) in [6, 6.07) is 3.97. The number of aromatic carboxylic acids is 1. The highest BCUT2D eigenvalue weighted by atomic mass is 16.4. The summed E-state index contributed by atoms with van der Waals surface area (Å²) in [6.07, 6.45) is 2.73. The van der Waals surface area contributed by atoms with Crippen molar-refractivity contribution in [2.24, 2.45) is 0 Å². The maximum absolute atomic E-state index is 10.8. The van der Waals surface area contributed by atoms with Gasteiger partial charge in [-0.3, -0.25) is 0 Å². The van der Waals surface area contributed by atoms with Crippen molar-refractivity contribution in [1.82, 2.24) is 19.7 Å². The maximum Gasteiger partial charge on any atom is 0.338 e. The molecule has 2 heterocycles. The van der Waals surface area contributed by atoms with Crippen LogP contribution in [0.25, 0.3) is 17.0 Å². The van der Waals surface area contributed by atoms with Gasteiger partial charge in [-0.1, -0.05) is 6.07 Å². The molecule has 96 valence electrons. The van der Waals surface area contributed by atoms with Crippen molar-refractivity contribution in [2.45, 2.75) is 13.8 Å². The second-order valence-corrected chi connectivity index (χ2v) is 4.44. The molecule has 0 atom stereocenters. The number of fused-ring (bicyclic) bond motifs is 1. The van der Waals surface area contributed by atoms with Gasteiger partial charge in [0.05, 0.1) is 22.8 Å². The van der Waals surface area contributed by atoms with Crippen molar-refractivity contribution in [3.8, 4) is 5.95 Å². The SMILES string of the molecule is Cc1ccc2[nH]c(-n3cc(C(=O)O)cn3)nc2c1C. The molecule has 0 saturated carbocycles. The van der Waals surface area contributed by atoms with Gasteiger partial charge in [0.1, 0.15) is 0 Å². The van der Waals surface area contributed by atoms with Crippen LogP contribution in [0, 0.1) is 13.8 Å². The molecule has 2 N–H and O–H groups in total. The quantitative estimate of drug-likeness (QED) is 0.735. The number of nitrogens with zero attached hydrogens (tertiary/aromatic N) is 3. The van der Waals surface area contributed by atoms with E-state index in [0.717, 1.165) is 22.2 Å². The third kappa shape index (κ3) is 1.77. The Bertz CT molecular complexity index is 785. The number of aromatic amines is 1. The predicted octanol–water partition coefficient (Wildman–Crippen LogP) is 2.06. The number of nitrogens with one attached hydrogen (secondary N) is 1. The molecule has 0 amide bonds. The normalized spacial score (nSPS) is 11.1. The number of benzene rings is 1. The summed E-state index contributed by atoms with van der Waals surface area (Å²) in [5.74, 6) is -0.495. The van der Waals surface area contributed by atoms with Gasteiger partial charge in [-0.05, 0) is 31.0 Å². The Kier molecular flexibility index (Phi) is 2.38. The van der Waals surface area contributed by atoms with Crippen molar-refractivity contribution in [2.75, 3.05) is 0 Å². The maximum atomic E-state index is 10.8. The fourth-order valence-corrected chi connectivity index (χ4v) is 1.96. The van der Waals surface area contributed by atoms with Crippen LogP contribution in [0.15, 0.2) is 24.5 Å². The Morgan fingerprint density at radius 1 is 1.37 bits per heavy atom. The first kappa shape index (κ1) is 11.5. The Labute approximate surface area is 108 Å². The van der Waals surface area contributed by atoms with E-state index < -0.39 is 5.97 Å². The molecule has 0 aliphatic rings. The van der Waals surface area contributed by atoms with Crippen LogP contribution in [-0.4, -0.2) is 30.8 Å². The predicted molar refractivity (Wildman–Crippen MR) is 69.6 cm³/mol. The average Bonchev–Trinajstić information content (AvgIpc) is 2.99. The van der Waals surface area contributed by atoms with Crippen LogP contribution in [0.4, 0.5) is 0 Å². The number of imidazole rings is 1. The molecule has 3 rings (SSSR count). The zero-order valence-corrected chi connectivity index (χ0v) is 10.5. The highest BCUT2D eigenvalue weighted by Gasteiger charge is 2.11. The van der Waals surface area contributed by atoms with Crippen LogP contribution >= 0.6 is 0 Å². The minimum absolute atomic E-state index is 0.133.